The molecule has 1 aliphatic heterocycles. The minimum atomic E-state index is 0.215. The highest BCUT2D eigenvalue weighted by atomic mass is 32.1. The molecular weight excluding hydrogens is 338 g/mol. The van der Waals surface area contributed by atoms with Crippen molar-refractivity contribution in [2.45, 2.75) is 46.0 Å². The van der Waals surface area contributed by atoms with E-state index in [0.717, 1.165) is 62.1 Å². The molecule has 0 aromatic carbocycles. The lowest BCUT2D eigenvalue weighted by atomic mass is 10.2. The normalized spacial score (nSPS) is 15.4. The molecule has 1 saturated heterocycles. The Morgan fingerprint density at radius 3 is 2.88 bits per heavy atom. The number of carbonyl (C=O) groups is 1. The van der Waals surface area contributed by atoms with E-state index in [2.05, 4.69) is 25.4 Å². The number of hydrogen-bond acceptors (Lipinski definition) is 7. The predicted octanol–water partition coefficient (Wildman–Crippen LogP) is 2.46. The topological polar surface area (TPSA) is 75.4 Å². The van der Waals surface area contributed by atoms with Gasteiger partial charge in [0.05, 0.1) is 5.69 Å². The van der Waals surface area contributed by atoms with Crippen molar-refractivity contribution in [3.63, 3.8) is 0 Å². The van der Waals surface area contributed by atoms with E-state index in [-0.39, 0.29) is 5.91 Å². The van der Waals surface area contributed by atoms with Crippen LogP contribution in [0.3, 0.4) is 0 Å². The highest BCUT2D eigenvalue weighted by Crippen LogP contribution is 2.21. The first kappa shape index (κ1) is 17.8. The molecule has 1 amide bonds. The molecule has 0 aliphatic carbocycles. The molecule has 0 N–H and O–H groups in total. The van der Waals surface area contributed by atoms with Crippen molar-refractivity contribution >= 4 is 22.4 Å². The van der Waals surface area contributed by atoms with Gasteiger partial charge in [0.1, 0.15) is 0 Å². The van der Waals surface area contributed by atoms with E-state index in [0.29, 0.717) is 18.7 Å². The lowest BCUT2D eigenvalue weighted by Crippen LogP contribution is -2.35. The van der Waals surface area contributed by atoms with Crippen LogP contribution in [-0.2, 0) is 17.6 Å². The van der Waals surface area contributed by atoms with E-state index < -0.39 is 0 Å². The highest BCUT2D eigenvalue weighted by Gasteiger charge is 2.20. The largest absolute Gasteiger partial charge is 0.346 e. The van der Waals surface area contributed by atoms with Crippen LogP contribution in [0.4, 0.5) is 5.13 Å². The number of rotatable bonds is 6. The van der Waals surface area contributed by atoms with Crippen LogP contribution in [0, 0.1) is 6.92 Å². The van der Waals surface area contributed by atoms with Crippen LogP contribution in [-0.4, -0.2) is 52.1 Å². The molecule has 1 aliphatic rings. The molecule has 136 valence electrons. The van der Waals surface area contributed by atoms with Crippen molar-refractivity contribution in [3.05, 3.63) is 22.8 Å². The Kier molecular flexibility index (Phi) is 6.01. The fraction of sp³-hybridized carbons (Fsp3) is 0.647. The van der Waals surface area contributed by atoms with Crippen molar-refractivity contribution < 1.29 is 9.32 Å². The Balaban J connectivity index is 1.44. The summed E-state index contributed by atoms with van der Waals surface area (Å²) in [5.74, 6) is 1.57. The van der Waals surface area contributed by atoms with Crippen LogP contribution in [0.1, 0.15) is 43.6 Å². The molecule has 1 fully saturated rings. The molecule has 2 aromatic heterocycles. The van der Waals surface area contributed by atoms with E-state index >= 15 is 0 Å². The summed E-state index contributed by atoms with van der Waals surface area (Å²) in [6.07, 6.45) is 3.69. The summed E-state index contributed by atoms with van der Waals surface area (Å²) in [6.45, 7) is 7.40. The summed E-state index contributed by atoms with van der Waals surface area (Å²) in [5, 5.41) is 7.02. The number of amides is 1. The first-order chi connectivity index (χ1) is 12.2. The van der Waals surface area contributed by atoms with Gasteiger partial charge in [-0.15, -0.1) is 11.3 Å². The molecular formula is C17H25N5O2S. The Morgan fingerprint density at radius 1 is 1.28 bits per heavy atom. The monoisotopic (exact) mass is 363 g/mol. The molecule has 8 heteroatoms. The summed E-state index contributed by atoms with van der Waals surface area (Å²) < 4.78 is 5.17. The molecule has 0 saturated carbocycles. The van der Waals surface area contributed by atoms with Crippen molar-refractivity contribution in [1.29, 1.82) is 0 Å². The van der Waals surface area contributed by atoms with Gasteiger partial charge in [0.15, 0.2) is 11.0 Å². The third kappa shape index (κ3) is 4.78. The Labute approximate surface area is 152 Å². The highest BCUT2D eigenvalue weighted by molar-refractivity contribution is 7.13. The second-order valence-corrected chi connectivity index (χ2v) is 7.14. The van der Waals surface area contributed by atoms with E-state index in [1.807, 2.05) is 18.7 Å². The molecule has 2 aromatic rings. The SMILES string of the molecule is CCc1noc(CCCC(=O)N2CCCN(c3nc(C)cs3)CC2)n1. The third-order valence-corrected chi connectivity index (χ3v) is 5.35. The van der Waals surface area contributed by atoms with E-state index in [1.54, 1.807) is 11.3 Å². The van der Waals surface area contributed by atoms with Crippen molar-refractivity contribution in [1.82, 2.24) is 20.0 Å². The standard InChI is InChI=1S/C17H25N5O2S/c1-3-14-19-15(24-20-14)6-4-7-16(23)21-8-5-9-22(11-10-21)17-18-13(2)12-25-17/h12H,3-11H2,1-2H3. The lowest BCUT2D eigenvalue weighted by molar-refractivity contribution is -0.131. The maximum Gasteiger partial charge on any atom is 0.226 e. The number of aryl methyl sites for hydroxylation is 3. The maximum atomic E-state index is 12.5. The van der Waals surface area contributed by atoms with Gasteiger partial charge >= 0.3 is 0 Å². The minimum Gasteiger partial charge on any atom is -0.346 e. The third-order valence-electron chi connectivity index (χ3n) is 4.33. The molecule has 7 nitrogen and oxygen atoms in total. The Hall–Kier alpha value is -1.96. The molecule has 25 heavy (non-hydrogen) atoms. The smallest absolute Gasteiger partial charge is 0.226 e. The number of hydrogen-bond donors (Lipinski definition) is 0. The van der Waals surface area contributed by atoms with Gasteiger partial charge in [0, 0.05) is 50.8 Å². The average molecular weight is 363 g/mol. The second kappa shape index (κ2) is 8.42. The fourth-order valence-corrected chi connectivity index (χ4v) is 3.79. The summed E-state index contributed by atoms with van der Waals surface area (Å²) in [6, 6.07) is 0. The van der Waals surface area contributed by atoms with Crippen molar-refractivity contribution in [2.24, 2.45) is 0 Å². The van der Waals surface area contributed by atoms with Gasteiger partial charge in [0.2, 0.25) is 11.8 Å². The van der Waals surface area contributed by atoms with Gasteiger partial charge in [-0.05, 0) is 19.8 Å². The quantitative estimate of drug-likeness (QED) is 0.785. The van der Waals surface area contributed by atoms with Crippen LogP contribution in [0.2, 0.25) is 0 Å². The number of thiazole rings is 1. The van der Waals surface area contributed by atoms with Crippen LogP contribution < -0.4 is 4.90 Å². The zero-order valence-electron chi connectivity index (χ0n) is 14.9. The molecule has 0 spiro atoms. The van der Waals surface area contributed by atoms with Crippen LogP contribution >= 0.6 is 11.3 Å². The zero-order valence-corrected chi connectivity index (χ0v) is 15.7. The van der Waals surface area contributed by atoms with Crippen molar-refractivity contribution in [3.8, 4) is 0 Å². The Morgan fingerprint density at radius 2 is 2.16 bits per heavy atom. The maximum absolute atomic E-state index is 12.5. The summed E-state index contributed by atoms with van der Waals surface area (Å²) in [7, 11) is 0. The lowest BCUT2D eigenvalue weighted by Gasteiger charge is -2.21. The number of carbonyl (C=O) groups excluding carboxylic acids is 1. The van der Waals surface area contributed by atoms with Gasteiger partial charge in [-0.1, -0.05) is 12.1 Å². The van der Waals surface area contributed by atoms with Gasteiger partial charge in [-0.3, -0.25) is 4.79 Å². The number of aromatic nitrogens is 3. The minimum absolute atomic E-state index is 0.215. The van der Waals surface area contributed by atoms with Gasteiger partial charge in [-0.2, -0.15) is 4.98 Å². The summed E-state index contributed by atoms with van der Waals surface area (Å²) >= 11 is 1.68. The van der Waals surface area contributed by atoms with Crippen molar-refractivity contribution in [2.75, 3.05) is 31.1 Å². The average Bonchev–Trinajstić information content (AvgIpc) is 3.17. The van der Waals surface area contributed by atoms with E-state index in [1.165, 1.54) is 0 Å². The van der Waals surface area contributed by atoms with E-state index in [9.17, 15) is 4.79 Å². The molecule has 3 rings (SSSR count). The van der Waals surface area contributed by atoms with Gasteiger partial charge in [-0.25, -0.2) is 4.98 Å². The molecule has 0 bridgehead atoms. The van der Waals surface area contributed by atoms with Crippen LogP contribution in [0.5, 0.6) is 0 Å². The van der Waals surface area contributed by atoms with E-state index in [4.69, 9.17) is 4.52 Å². The summed E-state index contributed by atoms with van der Waals surface area (Å²) in [5.41, 5.74) is 1.06. The van der Waals surface area contributed by atoms with Gasteiger partial charge < -0.3 is 14.3 Å². The first-order valence-electron chi connectivity index (χ1n) is 8.92. The zero-order chi connectivity index (χ0) is 17.6. The Bertz CT molecular complexity index is 699. The van der Waals surface area contributed by atoms with Gasteiger partial charge in [0.25, 0.3) is 0 Å². The number of nitrogens with zero attached hydrogens (tertiary/aromatic N) is 5. The predicted molar refractivity (Wildman–Crippen MR) is 96.9 cm³/mol. The fourth-order valence-electron chi connectivity index (χ4n) is 2.93. The molecule has 0 unspecified atom stereocenters. The molecule has 0 atom stereocenters. The summed E-state index contributed by atoms with van der Waals surface area (Å²) in [4.78, 5) is 25.6. The molecule has 0 radical (unpaired) electrons. The number of anilines is 1. The molecule has 3 heterocycles. The second-order valence-electron chi connectivity index (χ2n) is 6.30. The first-order valence-corrected chi connectivity index (χ1v) is 9.80. The van der Waals surface area contributed by atoms with Crippen LogP contribution in [0.25, 0.3) is 0 Å². The van der Waals surface area contributed by atoms with Crippen LogP contribution in [0.15, 0.2) is 9.90 Å².